The van der Waals surface area contributed by atoms with Gasteiger partial charge in [-0.15, -0.1) is 10.2 Å². The Labute approximate surface area is 202 Å². The van der Waals surface area contributed by atoms with Crippen molar-refractivity contribution in [1.29, 1.82) is 0 Å². The summed E-state index contributed by atoms with van der Waals surface area (Å²) in [4.78, 5) is 12.6. The number of carbonyl (C=O) groups excluding carboxylic acids is 1. The average Bonchev–Trinajstić information content (AvgIpc) is 3.41. The van der Waals surface area contributed by atoms with Crippen molar-refractivity contribution in [2.24, 2.45) is 0 Å². The van der Waals surface area contributed by atoms with Gasteiger partial charge in [-0.1, -0.05) is 18.2 Å². The fourth-order valence-corrected chi connectivity index (χ4v) is 4.56. The van der Waals surface area contributed by atoms with Crippen LogP contribution in [0.3, 0.4) is 0 Å². The summed E-state index contributed by atoms with van der Waals surface area (Å²) in [5, 5.41) is 22.5. The summed E-state index contributed by atoms with van der Waals surface area (Å²) in [6, 6.07) is 17.9. The monoisotopic (exact) mass is 522 g/mol. The molecule has 0 spiro atoms. The molecule has 5 rings (SSSR count). The van der Waals surface area contributed by atoms with Crippen LogP contribution in [-0.4, -0.2) is 32.4 Å². The quantitative estimate of drug-likeness (QED) is 0.302. The number of benzene rings is 3. The lowest BCUT2D eigenvalue weighted by atomic mass is 10.1. The van der Waals surface area contributed by atoms with Crippen molar-refractivity contribution in [1.82, 2.24) is 14.8 Å². The minimum absolute atomic E-state index is 0.0434. The van der Waals surface area contributed by atoms with Crippen molar-refractivity contribution >= 4 is 49.3 Å². The number of nitrogens with one attached hydrogen (secondary N) is 1. The highest BCUT2D eigenvalue weighted by atomic mass is 79.9. The number of nitrogens with zero attached hydrogens (tertiary/aromatic N) is 3. The highest BCUT2D eigenvalue weighted by Gasteiger charge is 2.15. The van der Waals surface area contributed by atoms with E-state index in [1.165, 1.54) is 12.1 Å². The van der Waals surface area contributed by atoms with E-state index in [9.17, 15) is 14.3 Å². The molecule has 0 saturated heterocycles. The number of para-hydroxylation sites is 1. The lowest BCUT2D eigenvalue weighted by Crippen LogP contribution is -2.12. The fraction of sp³-hybridized carbons (Fsp3) is 0.160. The number of aryl methyl sites for hydroxylation is 1. The maximum absolute atomic E-state index is 13.3. The zero-order valence-corrected chi connectivity index (χ0v) is 19.5. The second-order valence-corrected chi connectivity index (χ2v) is 8.65. The Morgan fingerprint density at radius 3 is 2.71 bits per heavy atom. The predicted octanol–water partition coefficient (Wildman–Crippen LogP) is 5.31. The van der Waals surface area contributed by atoms with Crippen molar-refractivity contribution in [3.8, 4) is 11.5 Å². The molecule has 0 aliphatic heterocycles. The number of amides is 1. The number of halogens is 2. The number of rotatable bonds is 7. The van der Waals surface area contributed by atoms with Crippen LogP contribution in [0, 0.1) is 5.82 Å². The summed E-state index contributed by atoms with van der Waals surface area (Å²) in [7, 11) is 0. The van der Waals surface area contributed by atoms with E-state index in [-0.39, 0.29) is 37.1 Å². The number of fused-ring (bicyclic) bond motifs is 3. The number of hydrogen-bond acceptors (Lipinski definition) is 5. The Hall–Kier alpha value is -3.56. The van der Waals surface area contributed by atoms with E-state index in [4.69, 9.17) is 4.42 Å². The molecule has 0 fully saturated rings. The molecule has 2 aromatic heterocycles. The van der Waals surface area contributed by atoms with Gasteiger partial charge in [0.15, 0.2) is 0 Å². The van der Waals surface area contributed by atoms with Crippen LogP contribution in [-0.2, 0) is 17.8 Å². The van der Waals surface area contributed by atoms with E-state index in [1.807, 2.05) is 42.5 Å². The highest BCUT2D eigenvalue weighted by molar-refractivity contribution is 9.10. The van der Waals surface area contributed by atoms with Crippen molar-refractivity contribution in [2.75, 3.05) is 11.9 Å². The van der Waals surface area contributed by atoms with Gasteiger partial charge in [-0.05, 0) is 58.4 Å². The van der Waals surface area contributed by atoms with Crippen LogP contribution in [0.1, 0.15) is 12.3 Å². The predicted molar refractivity (Wildman–Crippen MR) is 131 cm³/mol. The molecule has 34 heavy (non-hydrogen) atoms. The Kier molecular flexibility index (Phi) is 6.12. The third-order valence-corrected chi connectivity index (χ3v) is 6.23. The van der Waals surface area contributed by atoms with Gasteiger partial charge in [0, 0.05) is 51.4 Å². The highest BCUT2D eigenvalue weighted by Crippen LogP contribution is 2.31. The fourth-order valence-electron chi connectivity index (χ4n) is 4.04. The van der Waals surface area contributed by atoms with Gasteiger partial charge in [0.25, 0.3) is 0 Å². The van der Waals surface area contributed by atoms with Crippen LogP contribution in [0.5, 0.6) is 0 Å². The number of anilines is 1. The molecule has 3 aromatic carbocycles. The van der Waals surface area contributed by atoms with Crippen molar-refractivity contribution < 1.29 is 18.7 Å². The first-order chi connectivity index (χ1) is 16.5. The summed E-state index contributed by atoms with van der Waals surface area (Å²) >= 11 is 3.29. The zero-order chi connectivity index (χ0) is 23.7. The minimum Gasteiger partial charge on any atom is -0.421 e. The van der Waals surface area contributed by atoms with Crippen LogP contribution in [0.15, 0.2) is 69.6 Å². The molecule has 0 saturated carbocycles. The van der Waals surface area contributed by atoms with Gasteiger partial charge in [-0.25, -0.2) is 4.39 Å². The van der Waals surface area contributed by atoms with Gasteiger partial charge in [0.1, 0.15) is 5.82 Å². The van der Waals surface area contributed by atoms with E-state index in [1.54, 1.807) is 6.07 Å². The summed E-state index contributed by atoms with van der Waals surface area (Å²) in [5.41, 5.74) is 3.30. The third kappa shape index (κ3) is 4.32. The van der Waals surface area contributed by atoms with Gasteiger partial charge >= 0.3 is 0 Å². The van der Waals surface area contributed by atoms with Gasteiger partial charge in [0.05, 0.1) is 12.2 Å². The smallest absolute Gasteiger partial charge is 0.248 e. The standard InChI is InChI=1S/C25H20BrFN4O3/c26-20-13-15(27)5-7-18(20)25-30-29-24(34-25)10-9-23(33)28-16-6-8-22-19(14-16)17-3-1-2-4-21(17)31(22)11-12-32/h1-8,13-14,32H,9-12H2,(H,28,33). The molecule has 0 radical (unpaired) electrons. The molecule has 0 bridgehead atoms. The number of hydrogen-bond donors (Lipinski definition) is 2. The first kappa shape index (κ1) is 22.2. The maximum atomic E-state index is 13.3. The SMILES string of the molecule is O=C(CCc1nnc(-c2ccc(F)cc2Br)o1)Nc1ccc2c(c1)c1ccccc1n2CCO. The Bertz CT molecular complexity index is 1510. The first-order valence-corrected chi connectivity index (χ1v) is 11.5. The number of aliphatic hydroxyl groups excluding tert-OH is 1. The molecule has 7 nitrogen and oxygen atoms in total. The molecule has 0 unspecified atom stereocenters. The zero-order valence-electron chi connectivity index (χ0n) is 18.0. The van der Waals surface area contributed by atoms with Gasteiger partial charge in [-0.2, -0.15) is 0 Å². The molecule has 9 heteroatoms. The van der Waals surface area contributed by atoms with Gasteiger partial charge < -0.3 is 19.4 Å². The number of aliphatic hydroxyl groups is 1. The van der Waals surface area contributed by atoms with Crippen LogP contribution in [0.25, 0.3) is 33.3 Å². The van der Waals surface area contributed by atoms with Crippen molar-refractivity contribution in [2.45, 2.75) is 19.4 Å². The van der Waals surface area contributed by atoms with Crippen LogP contribution in [0.4, 0.5) is 10.1 Å². The summed E-state index contributed by atoms with van der Waals surface area (Å²) < 4.78 is 21.5. The molecule has 172 valence electrons. The Morgan fingerprint density at radius 2 is 1.88 bits per heavy atom. The molecule has 0 atom stereocenters. The molecule has 1 amide bonds. The summed E-state index contributed by atoms with van der Waals surface area (Å²) in [5.74, 6) is 0.0280. The molecule has 2 heterocycles. The summed E-state index contributed by atoms with van der Waals surface area (Å²) in [6.45, 7) is 0.540. The Morgan fingerprint density at radius 1 is 1.06 bits per heavy atom. The van der Waals surface area contributed by atoms with E-state index in [2.05, 4.69) is 36.0 Å². The second kappa shape index (κ2) is 9.36. The average molecular weight is 523 g/mol. The Balaban J connectivity index is 1.29. The largest absolute Gasteiger partial charge is 0.421 e. The molecule has 5 aromatic rings. The van der Waals surface area contributed by atoms with Crippen LogP contribution in [0.2, 0.25) is 0 Å². The van der Waals surface area contributed by atoms with E-state index >= 15 is 0 Å². The lowest BCUT2D eigenvalue weighted by molar-refractivity contribution is -0.116. The van der Waals surface area contributed by atoms with E-state index in [0.29, 0.717) is 28.2 Å². The van der Waals surface area contributed by atoms with Crippen molar-refractivity contribution in [3.05, 3.63) is 76.8 Å². The topological polar surface area (TPSA) is 93.2 Å². The second-order valence-electron chi connectivity index (χ2n) is 7.80. The normalized spacial score (nSPS) is 11.4. The summed E-state index contributed by atoms with van der Waals surface area (Å²) in [6.07, 6.45) is 0.437. The molecule has 2 N–H and O–H groups in total. The van der Waals surface area contributed by atoms with Gasteiger partial charge in [-0.3, -0.25) is 4.79 Å². The van der Waals surface area contributed by atoms with Crippen LogP contribution < -0.4 is 5.32 Å². The minimum atomic E-state index is -0.372. The maximum Gasteiger partial charge on any atom is 0.248 e. The van der Waals surface area contributed by atoms with E-state index < -0.39 is 0 Å². The van der Waals surface area contributed by atoms with Gasteiger partial charge in [0.2, 0.25) is 17.7 Å². The van der Waals surface area contributed by atoms with E-state index in [0.717, 1.165) is 21.8 Å². The molecule has 0 aliphatic carbocycles. The van der Waals surface area contributed by atoms with Crippen LogP contribution >= 0.6 is 15.9 Å². The molecule has 0 aliphatic rings. The first-order valence-electron chi connectivity index (χ1n) is 10.7. The number of aromatic nitrogens is 3. The lowest BCUT2D eigenvalue weighted by Gasteiger charge is -2.07. The van der Waals surface area contributed by atoms with Crippen molar-refractivity contribution in [3.63, 3.8) is 0 Å². The molecular weight excluding hydrogens is 503 g/mol. The molecular formula is C25H20BrFN4O3. The number of carbonyl (C=O) groups is 1. The third-order valence-electron chi connectivity index (χ3n) is 5.57.